The standard InChI is InChI=1S/C28H56N4O2/c29-23-27(33)25-31-21-19-17-15-13-11-9-7-5-3-1-2-4-6-8-10-12-14-16-18-20-22-32-26-28(34)24-30/h1,3,15-18,27-28,31-34H,2,4-14,19-26,29-30H2/b3-1+,17-15-,18-16-. The zero-order valence-corrected chi connectivity index (χ0v) is 21.8. The minimum absolute atomic E-state index is 0.321. The molecule has 0 bridgehead atoms. The van der Waals surface area contributed by atoms with Crippen LogP contribution in [0.2, 0.25) is 0 Å². The maximum absolute atomic E-state index is 9.34. The van der Waals surface area contributed by atoms with E-state index in [0.717, 1.165) is 25.9 Å². The molecule has 0 aromatic carbocycles. The summed E-state index contributed by atoms with van der Waals surface area (Å²) in [7, 11) is 0. The maximum Gasteiger partial charge on any atom is 0.0786 e. The van der Waals surface area contributed by atoms with Crippen LogP contribution in [0.15, 0.2) is 36.5 Å². The molecule has 0 amide bonds. The van der Waals surface area contributed by atoms with Crippen LogP contribution in [0.25, 0.3) is 0 Å². The molecule has 6 heteroatoms. The highest BCUT2D eigenvalue weighted by Crippen LogP contribution is 2.09. The van der Waals surface area contributed by atoms with Crippen molar-refractivity contribution in [2.45, 2.75) is 102 Å². The van der Waals surface area contributed by atoms with E-state index >= 15 is 0 Å². The van der Waals surface area contributed by atoms with Gasteiger partial charge in [0.05, 0.1) is 12.2 Å². The first-order chi connectivity index (χ1) is 16.7. The second-order valence-electron chi connectivity index (χ2n) is 9.16. The molecule has 0 aliphatic carbocycles. The van der Waals surface area contributed by atoms with Crippen molar-refractivity contribution < 1.29 is 10.2 Å². The highest BCUT2D eigenvalue weighted by atomic mass is 16.3. The number of allylic oxidation sites excluding steroid dienone is 4. The van der Waals surface area contributed by atoms with E-state index in [2.05, 4.69) is 47.1 Å². The van der Waals surface area contributed by atoms with E-state index in [0.29, 0.717) is 26.2 Å². The average molecular weight is 481 g/mol. The molecule has 0 aromatic heterocycles. The summed E-state index contributed by atoms with van der Waals surface area (Å²) < 4.78 is 0. The van der Waals surface area contributed by atoms with Crippen molar-refractivity contribution >= 4 is 0 Å². The van der Waals surface area contributed by atoms with Gasteiger partial charge < -0.3 is 32.3 Å². The second-order valence-corrected chi connectivity index (χ2v) is 9.16. The molecule has 2 atom stereocenters. The molecule has 0 heterocycles. The summed E-state index contributed by atoms with van der Waals surface area (Å²) in [4.78, 5) is 0. The molecule has 0 radical (unpaired) electrons. The van der Waals surface area contributed by atoms with Gasteiger partial charge in [0, 0.05) is 26.2 Å². The highest BCUT2D eigenvalue weighted by molar-refractivity contribution is 4.84. The van der Waals surface area contributed by atoms with Crippen LogP contribution < -0.4 is 22.1 Å². The van der Waals surface area contributed by atoms with Crippen LogP contribution in [0, 0.1) is 0 Å². The van der Waals surface area contributed by atoms with E-state index < -0.39 is 12.2 Å². The molecule has 0 rings (SSSR count). The molecule has 0 saturated carbocycles. The predicted molar refractivity (Wildman–Crippen MR) is 148 cm³/mol. The first-order valence-electron chi connectivity index (χ1n) is 13.8. The summed E-state index contributed by atoms with van der Waals surface area (Å²) in [5.41, 5.74) is 10.7. The molecular formula is C28H56N4O2. The molecule has 34 heavy (non-hydrogen) atoms. The molecule has 2 unspecified atom stereocenters. The Hall–Kier alpha value is -1.02. The summed E-state index contributed by atoms with van der Waals surface area (Å²) in [6.45, 7) is 3.61. The molecule has 0 aliphatic heterocycles. The van der Waals surface area contributed by atoms with Gasteiger partial charge in [-0.1, -0.05) is 62.1 Å². The summed E-state index contributed by atoms with van der Waals surface area (Å²) in [5.74, 6) is 0. The van der Waals surface area contributed by atoms with E-state index in [1.165, 1.54) is 77.0 Å². The van der Waals surface area contributed by atoms with Crippen molar-refractivity contribution in [3.63, 3.8) is 0 Å². The molecule has 0 fully saturated rings. The Bertz CT molecular complexity index is 483. The van der Waals surface area contributed by atoms with Gasteiger partial charge in [0.25, 0.3) is 0 Å². The largest absolute Gasteiger partial charge is 0.390 e. The zero-order chi connectivity index (χ0) is 25.0. The first-order valence-corrected chi connectivity index (χ1v) is 13.8. The van der Waals surface area contributed by atoms with Crippen molar-refractivity contribution in [3.8, 4) is 0 Å². The predicted octanol–water partition coefficient (Wildman–Crippen LogP) is 3.93. The van der Waals surface area contributed by atoms with Crippen LogP contribution in [0.3, 0.4) is 0 Å². The first kappa shape index (κ1) is 33.0. The Balaban J connectivity index is 3.23. The Labute approximate surface area is 210 Å². The molecule has 0 aromatic rings. The maximum atomic E-state index is 9.34. The van der Waals surface area contributed by atoms with E-state index in [1.54, 1.807) is 0 Å². The highest BCUT2D eigenvalue weighted by Gasteiger charge is 1.98. The van der Waals surface area contributed by atoms with Gasteiger partial charge in [-0.2, -0.15) is 0 Å². The SMILES string of the molecule is NCC(O)CNCC/C=C\CCCCC/C=C/CCCCCCC/C=C\CCNCC(O)CN. The van der Waals surface area contributed by atoms with E-state index in [-0.39, 0.29) is 0 Å². The summed E-state index contributed by atoms with van der Waals surface area (Å²) in [5, 5.41) is 25.1. The molecule has 8 N–H and O–H groups in total. The molecule has 0 spiro atoms. The van der Waals surface area contributed by atoms with Crippen LogP contribution >= 0.6 is 0 Å². The number of aliphatic hydroxyl groups excluding tert-OH is 2. The molecule has 0 aliphatic rings. The molecule has 6 nitrogen and oxygen atoms in total. The minimum Gasteiger partial charge on any atom is -0.390 e. The quantitative estimate of drug-likeness (QED) is 0.0825. The molecule has 200 valence electrons. The van der Waals surface area contributed by atoms with Gasteiger partial charge in [0.2, 0.25) is 0 Å². The van der Waals surface area contributed by atoms with Gasteiger partial charge >= 0.3 is 0 Å². The zero-order valence-electron chi connectivity index (χ0n) is 21.8. The third kappa shape index (κ3) is 27.2. The van der Waals surface area contributed by atoms with E-state index in [4.69, 9.17) is 11.5 Å². The van der Waals surface area contributed by atoms with Crippen LogP contribution in [0.5, 0.6) is 0 Å². The van der Waals surface area contributed by atoms with Crippen molar-refractivity contribution in [3.05, 3.63) is 36.5 Å². The van der Waals surface area contributed by atoms with Crippen LogP contribution in [0.4, 0.5) is 0 Å². The lowest BCUT2D eigenvalue weighted by Crippen LogP contribution is -2.32. The number of aliphatic hydroxyl groups is 2. The van der Waals surface area contributed by atoms with Crippen LogP contribution in [0.1, 0.15) is 89.9 Å². The van der Waals surface area contributed by atoms with Gasteiger partial charge in [0.15, 0.2) is 0 Å². The monoisotopic (exact) mass is 480 g/mol. The number of unbranched alkanes of at least 4 members (excludes halogenated alkanes) is 10. The minimum atomic E-state index is -0.426. The van der Waals surface area contributed by atoms with Crippen molar-refractivity contribution in [2.24, 2.45) is 11.5 Å². The molecular weight excluding hydrogens is 424 g/mol. The van der Waals surface area contributed by atoms with Gasteiger partial charge in [0.1, 0.15) is 0 Å². The summed E-state index contributed by atoms with van der Waals surface area (Å²) in [6.07, 6.45) is 30.2. The lowest BCUT2D eigenvalue weighted by atomic mass is 10.1. The summed E-state index contributed by atoms with van der Waals surface area (Å²) in [6, 6.07) is 0. The smallest absolute Gasteiger partial charge is 0.0786 e. The third-order valence-electron chi connectivity index (χ3n) is 5.76. The number of hydrogen-bond donors (Lipinski definition) is 6. The Morgan fingerprint density at radius 1 is 0.471 bits per heavy atom. The number of nitrogens with one attached hydrogen (secondary N) is 2. The second kappa shape index (κ2) is 28.2. The topological polar surface area (TPSA) is 117 Å². The third-order valence-corrected chi connectivity index (χ3v) is 5.76. The fraction of sp³-hybridized carbons (Fsp3) is 0.786. The van der Waals surface area contributed by atoms with E-state index in [1.807, 2.05) is 0 Å². The number of hydrogen-bond acceptors (Lipinski definition) is 6. The normalized spacial score (nSPS) is 14.1. The fourth-order valence-electron chi connectivity index (χ4n) is 3.54. The fourth-order valence-corrected chi connectivity index (χ4v) is 3.54. The van der Waals surface area contributed by atoms with Crippen LogP contribution in [-0.2, 0) is 0 Å². The van der Waals surface area contributed by atoms with Crippen LogP contribution in [-0.4, -0.2) is 61.7 Å². The van der Waals surface area contributed by atoms with Gasteiger partial charge in [-0.15, -0.1) is 0 Å². The van der Waals surface area contributed by atoms with Gasteiger partial charge in [-0.3, -0.25) is 0 Å². The lowest BCUT2D eigenvalue weighted by Gasteiger charge is -2.07. The summed E-state index contributed by atoms with van der Waals surface area (Å²) >= 11 is 0. The average Bonchev–Trinajstić information content (AvgIpc) is 2.85. The number of rotatable bonds is 26. The van der Waals surface area contributed by atoms with Gasteiger partial charge in [-0.05, 0) is 77.3 Å². The van der Waals surface area contributed by atoms with E-state index in [9.17, 15) is 10.2 Å². The lowest BCUT2D eigenvalue weighted by molar-refractivity contribution is 0.180. The van der Waals surface area contributed by atoms with Crippen molar-refractivity contribution in [2.75, 3.05) is 39.3 Å². The molecule has 0 saturated heterocycles. The Morgan fingerprint density at radius 3 is 1.12 bits per heavy atom. The Morgan fingerprint density at radius 2 is 0.765 bits per heavy atom. The Kier molecular flexibility index (Phi) is 27.4. The van der Waals surface area contributed by atoms with Gasteiger partial charge in [-0.25, -0.2) is 0 Å². The number of nitrogens with two attached hydrogens (primary N) is 2. The van der Waals surface area contributed by atoms with Crippen molar-refractivity contribution in [1.29, 1.82) is 0 Å². The van der Waals surface area contributed by atoms with Crippen molar-refractivity contribution in [1.82, 2.24) is 10.6 Å².